The van der Waals surface area contributed by atoms with E-state index < -0.39 is 12.2 Å². The number of nitrogens with zero attached hydrogens (tertiary/aromatic N) is 3. The number of allylic oxidation sites excluding steroid dienone is 2. The van der Waals surface area contributed by atoms with Crippen LogP contribution in [-0.4, -0.2) is 21.8 Å². The van der Waals surface area contributed by atoms with Crippen LogP contribution in [0.3, 0.4) is 0 Å². The van der Waals surface area contributed by atoms with Crippen molar-refractivity contribution in [2.45, 2.75) is 52.8 Å². The average Bonchev–Trinajstić information content (AvgIpc) is 3.19. The van der Waals surface area contributed by atoms with Gasteiger partial charge in [0.15, 0.2) is 0 Å². The summed E-state index contributed by atoms with van der Waals surface area (Å²) < 4.78 is 40.1. The van der Waals surface area contributed by atoms with Crippen molar-refractivity contribution >= 4 is 11.0 Å². The maximum atomic E-state index is 12.7. The van der Waals surface area contributed by atoms with E-state index in [-0.39, 0.29) is 5.70 Å². The topological polar surface area (TPSA) is 91.7 Å². The van der Waals surface area contributed by atoms with E-state index in [2.05, 4.69) is 21.9 Å². The van der Waals surface area contributed by atoms with E-state index in [4.69, 9.17) is 5.73 Å². The lowest BCUT2D eigenvalue weighted by Crippen LogP contribution is -2.46. The molecule has 35 heavy (non-hydrogen) atoms. The molecule has 0 spiro atoms. The molecule has 3 aromatic rings. The molecule has 6 nitrogen and oxygen atoms in total. The van der Waals surface area contributed by atoms with Gasteiger partial charge in [-0.1, -0.05) is 45.0 Å². The Balaban J connectivity index is 0.00000210. The van der Waals surface area contributed by atoms with Crippen LogP contribution in [0.25, 0.3) is 16.7 Å². The Bertz CT molecular complexity index is 1200. The van der Waals surface area contributed by atoms with Crippen molar-refractivity contribution in [3.8, 4) is 11.8 Å². The predicted molar refractivity (Wildman–Crippen MR) is 133 cm³/mol. The van der Waals surface area contributed by atoms with Gasteiger partial charge in [0.05, 0.1) is 11.3 Å². The minimum atomic E-state index is -4.39. The number of fused-ring (bicyclic) bond motifs is 1. The molecule has 0 saturated carbocycles. The number of hydrogen-bond donors (Lipinski definition) is 3. The molecular formula is C26H31F3N6. The van der Waals surface area contributed by atoms with Crippen molar-refractivity contribution in [1.29, 1.82) is 5.26 Å². The Morgan fingerprint density at radius 1 is 1.26 bits per heavy atom. The standard InChI is InChI=1S/C24H25F3N6.C2H6/c1-3-17-12-20-21(14-29)22(33(23(20)30-15-17)19-9-5-4-6-10-19)11-7-8-18(13-28)32-31-16(2)24(25,26)27;1-2/h4-10,12-13,15-16,31-32H,3,11,28H2,1-2H3;1-2H3/b8-7-,18-13+;. The van der Waals surface area contributed by atoms with Crippen molar-refractivity contribution < 1.29 is 13.2 Å². The molecule has 4 N–H and O–H groups in total. The molecule has 0 amide bonds. The summed E-state index contributed by atoms with van der Waals surface area (Å²) in [5.74, 6) is 0. The van der Waals surface area contributed by atoms with Crippen LogP contribution in [0.2, 0.25) is 0 Å². The van der Waals surface area contributed by atoms with Crippen LogP contribution >= 0.6 is 0 Å². The second-order valence-corrected chi connectivity index (χ2v) is 7.43. The molecular weight excluding hydrogens is 453 g/mol. The van der Waals surface area contributed by atoms with E-state index >= 15 is 0 Å². The van der Waals surface area contributed by atoms with Gasteiger partial charge in [-0.15, -0.1) is 0 Å². The first-order valence-electron chi connectivity index (χ1n) is 11.4. The maximum Gasteiger partial charge on any atom is 0.405 e. The summed E-state index contributed by atoms with van der Waals surface area (Å²) in [5, 5.41) is 10.7. The molecule has 1 aromatic carbocycles. The van der Waals surface area contributed by atoms with Crippen molar-refractivity contribution in [2.75, 3.05) is 0 Å². The highest BCUT2D eigenvalue weighted by molar-refractivity contribution is 5.87. The molecule has 9 heteroatoms. The van der Waals surface area contributed by atoms with Gasteiger partial charge in [0.1, 0.15) is 17.8 Å². The smallest absolute Gasteiger partial charge is 0.403 e. The highest BCUT2D eigenvalue weighted by Gasteiger charge is 2.35. The van der Waals surface area contributed by atoms with Crippen LogP contribution in [0.15, 0.2) is 66.6 Å². The third-order valence-corrected chi connectivity index (χ3v) is 5.21. The molecule has 1 unspecified atom stereocenters. The SMILES string of the molecule is CC.CCc1cnc2c(c1)c(C#N)c(C/C=C\C(=C/N)NNC(C)C(F)(F)F)n2-c1ccccc1. The van der Waals surface area contributed by atoms with E-state index in [1.807, 2.05) is 61.7 Å². The molecule has 186 valence electrons. The predicted octanol–water partition coefficient (Wildman–Crippen LogP) is 5.43. The third kappa shape index (κ3) is 6.64. The number of nitriles is 1. The first kappa shape index (κ1) is 27.5. The summed E-state index contributed by atoms with van der Waals surface area (Å²) in [6, 6.07) is 12.1. The van der Waals surface area contributed by atoms with Gasteiger partial charge in [0.25, 0.3) is 0 Å². The first-order valence-corrected chi connectivity index (χ1v) is 11.4. The molecule has 0 bridgehead atoms. The van der Waals surface area contributed by atoms with Crippen LogP contribution in [0.4, 0.5) is 13.2 Å². The number of alkyl halides is 3. The van der Waals surface area contributed by atoms with E-state index in [9.17, 15) is 18.4 Å². The highest BCUT2D eigenvalue weighted by Crippen LogP contribution is 2.29. The Hall–Kier alpha value is -3.77. The summed E-state index contributed by atoms with van der Waals surface area (Å²) in [6.45, 7) is 7.02. The Morgan fingerprint density at radius 3 is 2.51 bits per heavy atom. The molecule has 0 saturated heterocycles. The van der Waals surface area contributed by atoms with Crippen molar-refractivity contribution in [2.24, 2.45) is 5.73 Å². The molecule has 3 rings (SSSR count). The van der Waals surface area contributed by atoms with Crippen LogP contribution < -0.4 is 16.6 Å². The third-order valence-electron chi connectivity index (χ3n) is 5.21. The number of aryl methyl sites for hydroxylation is 1. The van der Waals surface area contributed by atoms with Crippen molar-refractivity contribution in [3.05, 3.63) is 83.5 Å². The van der Waals surface area contributed by atoms with E-state index in [0.717, 1.165) is 35.7 Å². The van der Waals surface area contributed by atoms with Gasteiger partial charge < -0.3 is 11.2 Å². The minimum absolute atomic E-state index is 0.262. The van der Waals surface area contributed by atoms with Crippen molar-refractivity contribution in [3.63, 3.8) is 0 Å². The maximum absolute atomic E-state index is 12.7. The molecule has 1 atom stereocenters. The molecule has 0 aliphatic rings. The summed E-state index contributed by atoms with van der Waals surface area (Å²) in [4.78, 5) is 4.62. The number of aromatic nitrogens is 2. The second-order valence-electron chi connectivity index (χ2n) is 7.43. The zero-order chi connectivity index (χ0) is 26.0. The molecule has 0 radical (unpaired) electrons. The summed E-state index contributed by atoms with van der Waals surface area (Å²) in [7, 11) is 0. The molecule has 2 aromatic heterocycles. The molecule has 0 aliphatic heterocycles. The number of rotatable bonds is 8. The van der Waals surface area contributed by atoms with E-state index in [1.54, 1.807) is 18.3 Å². The van der Waals surface area contributed by atoms with Gasteiger partial charge in [-0.3, -0.25) is 4.57 Å². The number of halogens is 3. The quantitative estimate of drug-likeness (QED) is 0.293. The fourth-order valence-corrected chi connectivity index (χ4v) is 3.33. The van der Waals surface area contributed by atoms with Gasteiger partial charge in [-0.25, -0.2) is 10.4 Å². The first-order chi connectivity index (χ1) is 16.8. The van der Waals surface area contributed by atoms with Crippen LogP contribution in [-0.2, 0) is 12.8 Å². The summed E-state index contributed by atoms with van der Waals surface area (Å²) in [6.07, 6.45) is 3.01. The number of hydrazine groups is 1. The Morgan fingerprint density at radius 2 is 1.94 bits per heavy atom. The van der Waals surface area contributed by atoms with Gasteiger partial charge in [-0.05, 0) is 43.2 Å². The number of para-hydroxylation sites is 1. The van der Waals surface area contributed by atoms with Crippen LogP contribution in [0.5, 0.6) is 0 Å². The van der Waals surface area contributed by atoms with Crippen LogP contribution in [0.1, 0.15) is 44.5 Å². The fraction of sp³-hybridized carbons (Fsp3) is 0.308. The van der Waals surface area contributed by atoms with E-state index in [1.165, 1.54) is 6.20 Å². The largest absolute Gasteiger partial charge is 0.405 e. The molecule has 2 heterocycles. The lowest BCUT2D eigenvalue weighted by Gasteiger charge is -2.18. The zero-order valence-electron chi connectivity index (χ0n) is 20.3. The lowest BCUT2D eigenvalue weighted by atomic mass is 10.1. The molecule has 0 fully saturated rings. The fourth-order valence-electron chi connectivity index (χ4n) is 3.33. The van der Waals surface area contributed by atoms with Gasteiger partial charge in [0, 0.05) is 35.6 Å². The number of nitrogens with one attached hydrogen (secondary N) is 2. The Labute approximate surface area is 203 Å². The summed E-state index contributed by atoms with van der Waals surface area (Å²) >= 11 is 0. The zero-order valence-corrected chi connectivity index (χ0v) is 20.3. The number of hydrogen-bond acceptors (Lipinski definition) is 5. The number of benzene rings is 1. The van der Waals surface area contributed by atoms with Crippen molar-refractivity contribution in [1.82, 2.24) is 20.4 Å². The highest BCUT2D eigenvalue weighted by atomic mass is 19.4. The van der Waals surface area contributed by atoms with Gasteiger partial charge in [-0.2, -0.15) is 18.4 Å². The second kappa shape index (κ2) is 12.6. The molecule has 0 aliphatic carbocycles. The normalized spacial score (nSPS) is 12.8. The number of nitrogens with two attached hydrogens (primary N) is 1. The van der Waals surface area contributed by atoms with E-state index in [0.29, 0.717) is 17.6 Å². The number of pyridine rings is 1. The summed E-state index contributed by atoms with van der Waals surface area (Å²) in [5.41, 5.74) is 14.3. The monoisotopic (exact) mass is 484 g/mol. The Kier molecular flexibility index (Phi) is 9.91. The minimum Gasteiger partial charge on any atom is -0.403 e. The van der Waals surface area contributed by atoms with Crippen LogP contribution in [0, 0.1) is 11.3 Å². The average molecular weight is 485 g/mol. The lowest BCUT2D eigenvalue weighted by molar-refractivity contribution is -0.153. The van der Waals surface area contributed by atoms with Gasteiger partial charge >= 0.3 is 6.18 Å². The van der Waals surface area contributed by atoms with Gasteiger partial charge in [0.2, 0.25) is 0 Å².